The first kappa shape index (κ1) is 21.9. The number of aryl methyl sites for hydroxylation is 2. The normalized spacial score (nSPS) is 11.5. The number of nitrogens with one attached hydrogen (secondary N) is 2. The van der Waals surface area contributed by atoms with Gasteiger partial charge in [0, 0.05) is 11.1 Å². The minimum atomic E-state index is -0.514. The molecule has 0 aliphatic carbocycles. The van der Waals surface area contributed by atoms with Gasteiger partial charge in [-0.2, -0.15) is 4.80 Å². The van der Waals surface area contributed by atoms with E-state index >= 15 is 0 Å². The number of nitrogens with zero attached hydrogens (tertiary/aromatic N) is 3. The monoisotopic (exact) mass is 423 g/mol. The number of aromatic nitrogens is 3. The molecule has 1 aromatic heterocycles. The van der Waals surface area contributed by atoms with Crippen molar-refractivity contribution in [2.24, 2.45) is 5.41 Å². The second-order valence-electron chi connectivity index (χ2n) is 8.57. The summed E-state index contributed by atoms with van der Waals surface area (Å²) in [6, 6.07) is 12.2. The Labute approximate surface area is 183 Å². The molecule has 1 amide bonds. The molecule has 0 aliphatic heterocycles. The van der Waals surface area contributed by atoms with Gasteiger partial charge in [-0.25, -0.2) is 0 Å². The molecule has 3 aromatic rings. The molecule has 0 spiro atoms. The molecule has 0 saturated carbocycles. The SMILES string of the molecule is CCCCc1ccc(-n2nc3cc(C)c(NC(=S)NC(=O)C(C)(C)C)cc3n2)cc1. The van der Waals surface area contributed by atoms with E-state index in [1.807, 2.05) is 52.0 Å². The fourth-order valence-corrected chi connectivity index (χ4v) is 3.14. The van der Waals surface area contributed by atoms with Gasteiger partial charge < -0.3 is 10.6 Å². The highest BCUT2D eigenvalue weighted by atomic mass is 32.1. The zero-order valence-electron chi connectivity index (χ0n) is 18.2. The van der Waals surface area contributed by atoms with Crippen LogP contribution in [-0.4, -0.2) is 26.0 Å². The minimum Gasteiger partial charge on any atom is -0.332 e. The summed E-state index contributed by atoms with van der Waals surface area (Å²) in [5.74, 6) is -0.132. The van der Waals surface area contributed by atoms with Crippen LogP contribution in [0.3, 0.4) is 0 Å². The molecule has 6 nitrogen and oxygen atoms in total. The van der Waals surface area contributed by atoms with Crippen molar-refractivity contribution in [3.8, 4) is 5.69 Å². The molecule has 1 heterocycles. The number of amides is 1. The lowest BCUT2D eigenvalue weighted by Crippen LogP contribution is -2.41. The molecule has 2 N–H and O–H groups in total. The Kier molecular flexibility index (Phi) is 6.51. The summed E-state index contributed by atoms with van der Waals surface area (Å²) in [5.41, 5.74) is 5.05. The van der Waals surface area contributed by atoms with Gasteiger partial charge in [-0.05, 0) is 67.4 Å². The third kappa shape index (κ3) is 5.21. The summed E-state index contributed by atoms with van der Waals surface area (Å²) in [6.07, 6.45) is 3.47. The lowest BCUT2D eigenvalue weighted by Gasteiger charge is -2.19. The predicted octanol–water partition coefficient (Wildman–Crippen LogP) is 4.93. The maximum Gasteiger partial charge on any atom is 0.231 e. The van der Waals surface area contributed by atoms with E-state index in [2.05, 4.69) is 39.9 Å². The van der Waals surface area contributed by atoms with E-state index in [-0.39, 0.29) is 11.0 Å². The van der Waals surface area contributed by atoms with Crippen molar-refractivity contribution in [2.75, 3.05) is 5.32 Å². The molecule has 0 atom stereocenters. The third-order valence-electron chi connectivity index (χ3n) is 4.87. The van der Waals surface area contributed by atoms with E-state index in [0.29, 0.717) is 0 Å². The number of thiocarbonyl (C=S) groups is 1. The van der Waals surface area contributed by atoms with Crippen molar-refractivity contribution in [3.63, 3.8) is 0 Å². The molecule has 0 saturated heterocycles. The van der Waals surface area contributed by atoms with Crippen LogP contribution in [0.2, 0.25) is 0 Å². The zero-order valence-corrected chi connectivity index (χ0v) is 19.1. The summed E-state index contributed by atoms with van der Waals surface area (Å²) in [4.78, 5) is 13.8. The summed E-state index contributed by atoms with van der Waals surface area (Å²) < 4.78 is 0. The maximum absolute atomic E-state index is 12.1. The van der Waals surface area contributed by atoms with Crippen molar-refractivity contribution in [2.45, 2.75) is 53.9 Å². The topological polar surface area (TPSA) is 71.8 Å². The Bertz CT molecular complexity index is 1060. The summed E-state index contributed by atoms with van der Waals surface area (Å²) in [7, 11) is 0. The van der Waals surface area contributed by atoms with Crippen LogP contribution in [0, 0.1) is 12.3 Å². The molecule has 0 radical (unpaired) electrons. The Balaban J connectivity index is 1.79. The van der Waals surface area contributed by atoms with Crippen LogP contribution in [0.1, 0.15) is 51.7 Å². The zero-order chi connectivity index (χ0) is 21.9. The standard InChI is InChI=1S/C23H29N5OS/c1-6-7-8-16-9-11-17(12-10-16)28-26-19-13-15(2)18(14-20(19)27-28)24-22(30)25-21(29)23(3,4)5/h9-14H,6-8H2,1-5H3,(H2,24,25,29,30). The van der Waals surface area contributed by atoms with Crippen molar-refractivity contribution in [1.29, 1.82) is 0 Å². The molecule has 158 valence electrons. The van der Waals surface area contributed by atoms with Gasteiger partial charge in [-0.3, -0.25) is 4.79 Å². The van der Waals surface area contributed by atoms with E-state index in [0.717, 1.165) is 34.4 Å². The van der Waals surface area contributed by atoms with Gasteiger partial charge >= 0.3 is 0 Å². The smallest absolute Gasteiger partial charge is 0.231 e. The Hall–Kier alpha value is -2.80. The number of anilines is 1. The van der Waals surface area contributed by atoms with Crippen LogP contribution in [0.15, 0.2) is 36.4 Å². The van der Waals surface area contributed by atoms with E-state index in [1.165, 1.54) is 18.4 Å². The highest BCUT2D eigenvalue weighted by Gasteiger charge is 2.22. The van der Waals surface area contributed by atoms with Crippen LogP contribution in [0.4, 0.5) is 5.69 Å². The molecule has 0 aliphatic rings. The van der Waals surface area contributed by atoms with E-state index < -0.39 is 5.41 Å². The fourth-order valence-electron chi connectivity index (χ4n) is 2.94. The minimum absolute atomic E-state index is 0.132. The Morgan fingerprint density at radius 2 is 1.73 bits per heavy atom. The molecular weight excluding hydrogens is 394 g/mol. The molecule has 7 heteroatoms. The largest absolute Gasteiger partial charge is 0.332 e. The number of hydrogen-bond acceptors (Lipinski definition) is 4. The van der Waals surface area contributed by atoms with Crippen molar-refractivity contribution in [3.05, 3.63) is 47.5 Å². The molecule has 30 heavy (non-hydrogen) atoms. The maximum atomic E-state index is 12.1. The van der Waals surface area contributed by atoms with Crippen molar-refractivity contribution in [1.82, 2.24) is 20.3 Å². The van der Waals surface area contributed by atoms with E-state index in [4.69, 9.17) is 12.2 Å². The van der Waals surface area contributed by atoms with Crippen molar-refractivity contribution >= 4 is 40.0 Å². The highest BCUT2D eigenvalue weighted by Crippen LogP contribution is 2.22. The Morgan fingerprint density at radius 1 is 1.10 bits per heavy atom. The van der Waals surface area contributed by atoms with Gasteiger partial charge in [-0.1, -0.05) is 46.2 Å². The first-order valence-corrected chi connectivity index (χ1v) is 10.7. The van der Waals surface area contributed by atoms with Crippen LogP contribution in [-0.2, 0) is 11.2 Å². The van der Waals surface area contributed by atoms with E-state index in [1.54, 1.807) is 4.80 Å². The first-order chi connectivity index (χ1) is 14.2. The number of carbonyl (C=O) groups excluding carboxylic acids is 1. The third-order valence-corrected chi connectivity index (χ3v) is 5.07. The van der Waals surface area contributed by atoms with Gasteiger partial charge in [0.05, 0.1) is 5.69 Å². The van der Waals surface area contributed by atoms with Crippen molar-refractivity contribution < 1.29 is 4.79 Å². The van der Waals surface area contributed by atoms with Crippen LogP contribution < -0.4 is 10.6 Å². The molecule has 0 bridgehead atoms. The van der Waals surface area contributed by atoms with E-state index in [9.17, 15) is 4.79 Å². The van der Waals surface area contributed by atoms with Gasteiger partial charge in [0.25, 0.3) is 0 Å². The second kappa shape index (κ2) is 8.92. The van der Waals surface area contributed by atoms with Gasteiger partial charge in [-0.15, -0.1) is 10.2 Å². The number of benzene rings is 2. The van der Waals surface area contributed by atoms with Gasteiger partial charge in [0.2, 0.25) is 5.91 Å². The molecule has 3 rings (SSSR count). The molecule has 2 aromatic carbocycles. The lowest BCUT2D eigenvalue weighted by molar-refractivity contribution is -0.126. The average Bonchev–Trinajstić information content (AvgIpc) is 3.09. The van der Waals surface area contributed by atoms with Crippen LogP contribution in [0.5, 0.6) is 0 Å². The first-order valence-electron chi connectivity index (χ1n) is 10.3. The second-order valence-corrected chi connectivity index (χ2v) is 8.98. The number of hydrogen-bond donors (Lipinski definition) is 2. The van der Waals surface area contributed by atoms with Gasteiger partial charge in [0.15, 0.2) is 5.11 Å². The fraction of sp³-hybridized carbons (Fsp3) is 0.391. The Morgan fingerprint density at radius 3 is 2.33 bits per heavy atom. The number of fused-ring (bicyclic) bond motifs is 1. The summed E-state index contributed by atoms with van der Waals surface area (Å²) in [6.45, 7) is 9.70. The number of rotatable bonds is 5. The predicted molar refractivity (Wildman–Crippen MR) is 126 cm³/mol. The summed E-state index contributed by atoms with van der Waals surface area (Å²) >= 11 is 5.30. The van der Waals surface area contributed by atoms with Crippen LogP contribution in [0.25, 0.3) is 16.7 Å². The average molecular weight is 424 g/mol. The van der Waals surface area contributed by atoms with Crippen LogP contribution >= 0.6 is 12.2 Å². The number of carbonyl (C=O) groups is 1. The molecule has 0 unspecified atom stereocenters. The van der Waals surface area contributed by atoms with Gasteiger partial charge in [0.1, 0.15) is 11.0 Å². The summed E-state index contributed by atoms with van der Waals surface area (Å²) in [5, 5.41) is 15.3. The quantitative estimate of drug-likeness (QED) is 0.569. The lowest BCUT2D eigenvalue weighted by atomic mass is 9.96. The molecular formula is C23H29N5OS. The molecule has 0 fully saturated rings. The number of unbranched alkanes of at least 4 members (excludes halogenated alkanes) is 1. The highest BCUT2D eigenvalue weighted by molar-refractivity contribution is 7.80.